The molecule has 0 aromatic carbocycles. The Hall–Kier alpha value is -3.15. The zero-order valence-electron chi connectivity index (χ0n) is 16.6. The van der Waals surface area contributed by atoms with E-state index in [-0.39, 0.29) is 31.3 Å². The van der Waals surface area contributed by atoms with Gasteiger partial charge in [0.25, 0.3) is 0 Å². The molecular formula is C17H30N8O4. The fourth-order valence-electron chi connectivity index (χ4n) is 2.54. The summed E-state index contributed by atoms with van der Waals surface area (Å²) in [7, 11) is 0. The second kappa shape index (κ2) is 11.6. The summed E-state index contributed by atoms with van der Waals surface area (Å²) in [6, 6.07) is -2.98. The predicted molar refractivity (Wildman–Crippen MR) is 107 cm³/mol. The van der Waals surface area contributed by atoms with E-state index in [1.54, 1.807) is 20.0 Å². The van der Waals surface area contributed by atoms with Crippen molar-refractivity contribution in [3.63, 3.8) is 0 Å². The first kappa shape index (κ1) is 23.9. The molecule has 3 atom stereocenters. The lowest BCUT2D eigenvalue weighted by Crippen LogP contribution is -2.55. The minimum atomic E-state index is -1.16. The Kier molecular flexibility index (Phi) is 9.59. The highest BCUT2D eigenvalue weighted by atomic mass is 16.4. The summed E-state index contributed by atoms with van der Waals surface area (Å²) >= 11 is 0. The summed E-state index contributed by atoms with van der Waals surface area (Å²) < 4.78 is 0. The summed E-state index contributed by atoms with van der Waals surface area (Å²) in [5.74, 6) is -2.73. The molecule has 0 aliphatic heterocycles. The number of hydrogen-bond acceptors (Lipinski definition) is 6. The van der Waals surface area contributed by atoms with Crippen molar-refractivity contribution in [1.29, 1.82) is 0 Å². The standard InChI is InChI=1S/C17H30N8O4/c1-9(2)13(16(28)29)25-15(27)12(4-3-5-22-17(19)20)24-14(26)11(18)6-10-7-21-8-23-10/h7-9,11-13H,3-6,18H2,1-2H3,(H,21,23)(H,24,26)(H,25,27)(H,28,29)(H4,19,20,22)/t11-,12-,13-/m0/s1. The van der Waals surface area contributed by atoms with Crippen LogP contribution in [0.2, 0.25) is 0 Å². The number of carboxylic acid groups (broad SMARTS) is 1. The lowest BCUT2D eigenvalue weighted by atomic mass is 10.0. The van der Waals surface area contributed by atoms with Gasteiger partial charge in [0, 0.05) is 24.9 Å². The highest BCUT2D eigenvalue weighted by Crippen LogP contribution is 2.06. The third kappa shape index (κ3) is 8.60. The van der Waals surface area contributed by atoms with Crippen molar-refractivity contribution >= 4 is 23.7 Å². The van der Waals surface area contributed by atoms with E-state index in [4.69, 9.17) is 17.2 Å². The van der Waals surface area contributed by atoms with Gasteiger partial charge in [-0.2, -0.15) is 0 Å². The van der Waals surface area contributed by atoms with Crippen molar-refractivity contribution in [2.24, 2.45) is 28.1 Å². The summed E-state index contributed by atoms with van der Waals surface area (Å²) in [6.07, 6.45) is 3.82. The second-order valence-electron chi connectivity index (χ2n) is 6.97. The van der Waals surface area contributed by atoms with Gasteiger partial charge in [0.2, 0.25) is 11.8 Å². The zero-order chi connectivity index (χ0) is 22.0. The number of amides is 2. The Morgan fingerprint density at radius 3 is 2.45 bits per heavy atom. The molecular weight excluding hydrogens is 380 g/mol. The number of rotatable bonds is 12. The molecule has 0 unspecified atom stereocenters. The quantitative estimate of drug-likeness (QED) is 0.116. The Morgan fingerprint density at radius 2 is 1.93 bits per heavy atom. The number of aromatic amines is 1. The van der Waals surface area contributed by atoms with Crippen LogP contribution in [0, 0.1) is 5.92 Å². The van der Waals surface area contributed by atoms with Crippen molar-refractivity contribution in [2.75, 3.05) is 6.54 Å². The van der Waals surface area contributed by atoms with E-state index in [9.17, 15) is 19.5 Å². The van der Waals surface area contributed by atoms with Gasteiger partial charge in [-0.15, -0.1) is 0 Å². The van der Waals surface area contributed by atoms with Gasteiger partial charge < -0.3 is 37.9 Å². The highest BCUT2D eigenvalue weighted by Gasteiger charge is 2.29. The van der Waals surface area contributed by atoms with Gasteiger partial charge in [-0.1, -0.05) is 13.8 Å². The number of nitrogens with zero attached hydrogens (tertiary/aromatic N) is 2. The number of imidazole rings is 1. The third-order valence-electron chi connectivity index (χ3n) is 4.14. The van der Waals surface area contributed by atoms with Crippen molar-refractivity contribution in [1.82, 2.24) is 20.6 Å². The molecule has 0 aliphatic carbocycles. The van der Waals surface area contributed by atoms with Crippen LogP contribution in [0.1, 0.15) is 32.4 Å². The first-order chi connectivity index (χ1) is 13.6. The summed E-state index contributed by atoms with van der Waals surface area (Å²) in [4.78, 5) is 47.0. The molecule has 0 aliphatic rings. The molecule has 12 nitrogen and oxygen atoms in total. The molecule has 1 rings (SSSR count). The smallest absolute Gasteiger partial charge is 0.326 e. The molecule has 0 saturated carbocycles. The van der Waals surface area contributed by atoms with Crippen LogP contribution in [0.4, 0.5) is 0 Å². The van der Waals surface area contributed by atoms with Gasteiger partial charge in [0.05, 0.1) is 12.4 Å². The maximum atomic E-state index is 12.6. The number of carboxylic acids is 1. The van der Waals surface area contributed by atoms with Gasteiger partial charge in [-0.05, 0) is 18.8 Å². The first-order valence-corrected chi connectivity index (χ1v) is 9.23. The highest BCUT2D eigenvalue weighted by molar-refractivity contribution is 5.91. The average molecular weight is 410 g/mol. The zero-order valence-corrected chi connectivity index (χ0v) is 16.6. The minimum Gasteiger partial charge on any atom is -0.480 e. The molecule has 12 heteroatoms. The number of aliphatic carboxylic acids is 1. The van der Waals surface area contributed by atoms with Gasteiger partial charge in [0.1, 0.15) is 12.1 Å². The van der Waals surface area contributed by atoms with Gasteiger partial charge >= 0.3 is 5.97 Å². The normalized spacial score (nSPS) is 13.9. The molecule has 2 amide bonds. The monoisotopic (exact) mass is 410 g/mol. The summed E-state index contributed by atoms with van der Waals surface area (Å²) in [5.41, 5.74) is 17.1. The fourth-order valence-corrected chi connectivity index (χ4v) is 2.54. The Morgan fingerprint density at radius 1 is 1.24 bits per heavy atom. The van der Waals surface area contributed by atoms with Crippen LogP contribution >= 0.6 is 0 Å². The summed E-state index contributed by atoms with van der Waals surface area (Å²) in [5, 5.41) is 14.3. The van der Waals surface area contributed by atoms with E-state index < -0.39 is 35.9 Å². The number of guanidine groups is 1. The number of H-pyrrole nitrogens is 1. The number of nitrogens with one attached hydrogen (secondary N) is 3. The molecule has 1 aromatic rings. The van der Waals surface area contributed by atoms with E-state index >= 15 is 0 Å². The van der Waals surface area contributed by atoms with Crippen molar-refractivity contribution in [2.45, 2.75) is 51.2 Å². The molecule has 29 heavy (non-hydrogen) atoms. The Labute approximate surface area is 168 Å². The van der Waals surface area contributed by atoms with Crippen molar-refractivity contribution in [3.05, 3.63) is 18.2 Å². The van der Waals surface area contributed by atoms with Crippen LogP contribution in [0.5, 0.6) is 0 Å². The van der Waals surface area contributed by atoms with Crippen LogP contribution in [0.3, 0.4) is 0 Å². The molecule has 0 fully saturated rings. The first-order valence-electron chi connectivity index (χ1n) is 9.23. The van der Waals surface area contributed by atoms with E-state index in [2.05, 4.69) is 25.6 Å². The number of hydrogen-bond donors (Lipinski definition) is 7. The Balaban J connectivity index is 2.79. The average Bonchev–Trinajstić information content (AvgIpc) is 3.13. The number of carbonyl (C=O) groups is 3. The van der Waals surface area contributed by atoms with Crippen molar-refractivity contribution < 1.29 is 19.5 Å². The molecule has 0 saturated heterocycles. The van der Waals surface area contributed by atoms with E-state index in [1.807, 2.05) is 0 Å². The molecule has 10 N–H and O–H groups in total. The number of aromatic nitrogens is 2. The molecule has 0 bridgehead atoms. The molecule has 0 spiro atoms. The largest absolute Gasteiger partial charge is 0.480 e. The number of aliphatic imine (C=N–C) groups is 1. The molecule has 1 heterocycles. The van der Waals surface area contributed by atoms with E-state index in [0.29, 0.717) is 12.1 Å². The minimum absolute atomic E-state index is 0.0811. The van der Waals surface area contributed by atoms with Gasteiger partial charge in [0.15, 0.2) is 5.96 Å². The van der Waals surface area contributed by atoms with Crippen LogP contribution in [-0.2, 0) is 20.8 Å². The number of nitrogens with two attached hydrogens (primary N) is 3. The lowest BCUT2D eigenvalue weighted by Gasteiger charge is -2.24. The van der Waals surface area contributed by atoms with Gasteiger partial charge in [-0.25, -0.2) is 9.78 Å². The SMILES string of the molecule is CC(C)[C@H](NC(=O)[C@H](CCCN=C(N)N)NC(=O)[C@@H](N)Cc1cnc[nH]1)C(=O)O. The van der Waals surface area contributed by atoms with Crippen LogP contribution in [0.15, 0.2) is 17.5 Å². The van der Waals surface area contributed by atoms with E-state index in [1.165, 1.54) is 6.33 Å². The second-order valence-corrected chi connectivity index (χ2v) is 6.97. The fraction of sp³-hybridized carbons (Fsp3) is 0.588. The third-order valence-corrected chi connectivity index (χ3v) is 4.14. The topological polar surface area (TPSA) is 215 Å². The molecule has 1 aromatic heterocycles. The Bertz CT molecular complexity index is 700. The van der Waals surface area contributed by atoms with Gasteiger partial charge in [-0.3, -0.25) is 14.6 Å². The molecule has 0 radical (unpaired) electrons. The maximum absolute atomic E-state index is 12.6. The number of carbonyl (C=O) groups excluding carboxylic acids is 2. The maximum Gasteiger partial charge on any atom is 0.326 e. The lowest BCUT2D eigenvalue weighted by molar-refractivity contribution is -0.143. The molecule has 162 valence electrons. The van der Waals surface area contributed by atoms with Crippen LogP contribution < -0.4 is 27.8 Å². The predicted octanol–water partition coefficient (Wildman–Crippen LogP) is -1.96. The van der Waals surface area contributed by atoms with Crippen LogP contribution in [0.25, 0.3) is 0 Å². The van der Waals surface area contributed by atoms with Crippen LogP contribution in [-0.4, -0.2) is 63.5 Å². The van der Waals surface area contributed by atoms with E-state index in [0.717, 1.165) is 0 Å². The summed E-state index contributed by atoms with van der Waals surface area (Å²) in [6.45, 7) is 3.60. The van der Waals surface area contributed by atoms with Crippen molar-refractivity contribution in [3.8, 4) is 0 Å².